The van der Waals surface area contributed by atoms with E-state index in [1.54, 1.807) is 18.2 Å². The quantitative estimate of drug-likeness (QED) is 0.369. The summed E-state index contributed by atoms with van der Waals surface area (Å²) in [7, 11) is 2.37. The van der Waals surface area contributed by atoms with Gasteiger partial charge in [0, 0.05) is 26.8 Å². The van der Waals surface area contributed by atoms with Crippen molar-refractivity contribution in [3.8, 4) is 0 Å². The highest BCUT2D eigenvalue weighted by Crippen LogP contribution is 2.41. The summed E-state index contributed by atoms with van der Waals surface area (Å²) in [6, 6.07) is 13.8. The standard InChI is InChI=1S/C16H8Cl2O4S2/c17-23(19,20)13-8-11-5-4-9-2-1-3-10-6-7-12(15(11)14(9)10)16(13)24(18,21)22/h1-8H. The largest absolute Gasteiger partial charge is 0.263 e. The van der Waals surface area contributed by atoms with Crippen LogP contribution in [0.5, 0.6) is 0 Å². The van der Waals surface area contributed by atoms with Crippen molar-refractivity contribution in [2.24, 2.45) is 0 Å². The Morgan fingerprint density at radius 3 is 1.83 bits per heavy atom. The lowest BCUT2D eigenvalue weighted by atomic mass is 9.94. The minimum Gasteiger partial charge on any atom is -0.207 e. The fourth-order valence-electron chi connectivity index (χ4n) is 3.19. The third kappa shape index (κ3) is 2.25. The average Bonchev–Trinajstić information content (AvgIpc) is 2.50. The van der Waals surface area contributed by atoms with Crippen molar-refractivity contribution in [3.05, 3.63) is 48.5 Å². The zero-order chi connectivity index (χ0) is 17.3. The van der Waals surface area contributed by atoms with Crippen LogP contribution in [-0.2, 0) is 18.1 Å². The van der Waals surface area contributed by atoms with Crippen molar-refractivity contribution >= 4 is 71.8 Å². The second-order valence-electron chi connectivity index (χ2n) is 5.44. The molecule has 0 amide bonds. The van der Waals surface area contributed by atoms with Gasteiger partial charge in [-0.25, -0.2) is 16.8 Å². The van der Waals surface area contributed by atoms with Crippen LogP contribution in [0.4, 0.5) is 0 Å². The molecule has 4 aromatic carbocycles. The van der Waals surface area contributed by atoms with E-state index in [2.05, 4.69) is 0 Å². The van der Waals surface area contributed by atoms with Crippen molar-refractivity contribution in [2.45, 2.75) is 9.79 Å². The predicted molar refractivity (Wildman–Crippen MR) is 96.2 cm³/mol. The van der Waals surface area contributed by atoms with Gasteiger partial charge in [0.15, 0.2) is 0 Å². The highest BCUT2D eigenvalue weighted by molar-refractivity contribution is 8.16. The highest BCUT2D eigenvalue weighted by atomic mass is 35.7. The molecule has 4 nitrogen and oxygen atoms in total. The van der Waals surface area contributed by atoms with E-state index in [1.807, 2.05) is 24.3 Å². The second kappa shape index (κ2) is 4.95. The summed E-state index contributed by atoms with van der Waals surface area (Å²) in [6.07, 6.45) is 0. The molecule has 8 heteroatoms. The smallest absolute Gasteiger partial charge is 0.207 e. The van der Waals surface area contributed by atoms with Crippen LogP contribution in [0, 0.1) is 0 Å². The van der Waals surface area contributed by atoms with Gasteiger partial charge in [-0.3, -0.25) is 0 Å². The minimum absolute atomic E-state index is 0.242. The lowest BCUT2D eigenvalue weighted by Crippen LogP contribution is -2.03. The minimum atomic E-state index is -4.33. The Labute approximate surface area is 146 Å². The molecule has 0 aromatic heterocycles. The fourth-order valence-corrected chi connectivity index (χ4v) is 6.32. The van der Waals surface area contributed by atoms with Crippen LogP contribution in [0.25, 0.3) is 32.3 Å². The first-order valence-electron chi connectivity index (χ1n) is 6.78. The first-order chi connectivity index (χ1) is 11.2. The first kappa shape index (κ1) is 15.9. The van der Waals surface area contributed by atoms with E-state index in [4.69, 9.17) is 21.4 Å². The molecule has 122 valence electrons. The molecule has 0 saturated heterocycles. The van der Waals surface area contributed by atoms with Gasteiger partial charge in [-0.1, -0.05) is 42.5 Å². The van der Waals surface area contributed by atoms with E-state index in [1.165, 1.54) is 6.07 Å². The van der Waals surface area contributed by atoms with Crippen LogP contribution in [0.1, 0.15) is 0 Å². The summed E-state index contributed by atoms with van der Waals surface area (Å²) in [4.78, 5) is -0.991. The molecule has 0 aliphatic carbocycles. The average molecular weight is 399 g/mol. The van der Waals surface area contributed by atoms with Gasteiger partial charge in [0.25, 0.3) is 18.1 Å². The molecule has 0 saturated carbocycles. The van der Waals surface area contributed by atoms with Crippen LogP contribution in [0.3, 0.4) is 0 Å². The van der Waals surface area contributed by atoms with Crippen molar-refractivity contribution in [1.29, 1.82) is 0 Å². The zero-order valence-corrected chi connectivity index (χ0v) is 15.0. The van der Waals surface area contributed by atoms with E-state index in [0.717, 1.165) is 16.2 Å². The van der Waals surface area contributed by atoms with Crippen LogP contribution in [-0.4, -0.2) is 16.8 Å². The topological polar surface area (TPSA) is 68.3 Å². The van der Waals surface area contributed by atoms with E-state index in [0.29, 0.717) is 10.8 Å². The Bertz CT molecular complexity index is 1330. The van der Waals surface area contributed by atoms with E-state index in [-0.39, 0.29) is 5.39 Å². The molecule has 0 fully saturated rings. The van der Waals surface area contributed by atoms with Gasteiger partial charge in [-0.05, 0) is 33.0 Å². The summed E-state index contributed by atoms with van der Waals surface area (Å²) in [5.74, 6) is 0. The highest BCUT2D eigenvalue weighted by Gasteiger charge is 2.28. The van der Waals surface area contributed by atoms with Gasteiger partial charge < -0.3 is 0 Å². The Kier molecular flexibility index (Phi) is 3.28. The molecule has 4 rings (SSSR count). The maximum Gasteiger partial charge on any atom is 0.263 e. The van der Waals surface area contributed by atoms with Crippen LogP contribution in [0.2, 0.25) is 0 Å². The second-order valence-corrected chi connectivity index (χ2v) is 10.5. The maximum absolute atomic E-state index is 12.1. The van der Waals surface area contributed by atoms with Gasteiger partial charge in [0.1, 0.15) is 9.79 Å². The molecular weight excluding hydrogens is 391 g/mol. The maximum atomic E-state index is 12.1. The van der Waals surface area contributed by atoms with Crippen LogP contribution >= 0.6 is 21.4 Å². The van der Waals surface area contributed by atoms with Gasteiger partial charge in [0.05, 0.1) is 0 Å². The molecule has 0 radical (unpaired) electrons. The van der Waals surface area contributed by atoms with Crippen LogP contribution < -0.4 is 0 Å². The van der Waals surface area contributed by atoms with Crippen molar-refractivity contribution in [3.63, 3.8) is 0 Å². The lowest BCUT2D eigenvalue weighted by Gasteiger charge is -2.14. The predicted octanol–water partition coefficient (Wildman–Crippen LogP) is 4.44. The summed E-state index contributed by atoms with van der Waals surface area (Å²) >= 11 is 0. The molecule has 0 atom stereocenters. The Morgan fingerprint density at radius 1 is 0.667 bits per heavy atom. The van der Waals surface area contributed by atoms with Crippen molar-refractivity contribution < 1.29 is 16.8 Å². The van der Waals surface area contributed by atoms with E-state index >= 15 is 0 Å². The number of halogens is 2. The lowest BCUT2D eigenvalue weighted by molar-refractivity contribution is 0.598. The third-order valence-corrected chi connectivity index (χ3v) is 6.94. The number of rotatable bonds is 2. The Balaban J connectivity index is 2.42. The molecular formula is C16H8Cl2O4S2. The Morgan fingerprint density at radius 2 is 1.25 bits per heavy atom. The summed E-state index contributed by atoms with van der Waals surface area (Å²) in [5, 5.41) is 4.17. The zero-order valence-electron chi connectivity index (χ0n) is 11.8. The first-order valence-corrected chi connectivity index (χ1v) is 11.4. The van der Waals surface area contributed by atoms with Gasteiger partial charge >= 0.3 is 0 Å². The van der Waals surface area contributed by atoms with Crippen molar-refractivity contribution in [2.75, 3.05) is 0 Å². The van der Waals surface area contributed by atoms with Gasteiger partial charge in [0.2, 0.25) is 0 Å². The summed E-state index contributed by atoms with van der Waals surface area (Å²) < 4.78 is 48.0. The van der Waals surface area contributed by atoms with Gasteiger partial charge in [-0.15, -0.1) is 0 Å². The monoisotopic (exact) mass is 398 g/mol. The number of hydrogen-bond donors (Lipinski definition) is 0. The van der Waals surface area contributed by atoms with E-state index < -0.39 is 27.9 Å². The molecule has 0 aliphatic rings. The molecule has 0 heterocycles. The van der Waals surface area contributed by atoms with E-state index in [9.17, 15) is 16.8 Å². The molecule has 4 aromatic rings. The Hall–Kier alpha value is -1.60. The molecule has 0 bridgehead atoms. The fraction of sp³-hybridized carbons (Fsp3) is 0. The normalized spacial score (nSPS) is 13.2. The molecule has 0 unspecified atom stereocenters. The SMILES string of the molecule is O=S(=O)(Cl)c1cc2ccc3cccc4ccc(c1S(=O)(=O)Cl)c2c34. The number of hydrogen-bond acceptors (Lipinski definition) is 4. The molecule has 24 heavy (non-hydrogen) atoms. The molecule has 0 spiro atoms. The van der Waals surface area contributed by atoms with Crippen LogP contribution in [0.15, 0.2) is 58.3 Å². The summed E-state index contributed by atoms with van der Waals surface area (Å²) in [5.41, 5.74) is 0. The number of benzene rings is 4. The van der Waals surface area contributed by atoms with Crippen molar-refractivity contribution in [1.82, 2.24) is 0 Å². The summed E-state index contributed by atoms with van der Waals surface area (Å²) in [6.45, 7) is 0. The third-order valence-electron chi connectivity index (χ3n) is 4.07. The molecule has 0 aliphatic heterocycles. The van der Waals surface area contributed by atoms with Gasteiger partial charge in [-0.2, -0.15) is 0 Å². The molecule has 0 N–H and O–H groups in total.